The molecule has 1 heterocycles. The number of hydrogen-bond acceptors (Lipinski definition) is 3. The first kappa shape index (κ1) is 22.7. The van der Waals surface area contributed by atoms with Gasteiger partial charge in [-0.3, -0.25) is 9.59 Å². The van der Waals surface area contributed by atoms with Crippen molar-refractivity contribution in [3.05, 3.63) is 81.7 Å². The van der Waals surface area contributed by atoms with Crippen LogP contribution in [0.4, 0.5) is 24.5 Å². The fourth-order valence-corrected chi connectivity index (χ4v) is 3.18. The molecule has 0 atom stereocenters. The van der Waals surface area contributed by atoms with Crippen molar-refractivity contribution in [1.82, 2.24) is 0 Å². The molecule has 31 heavy (non-hydrogen) atoms. The van der Waals surface area contributed by atoms with Crippen LogP contribution in [0.2, 0.25) is 10.0 Å². The van der Waals surface area contributed by atoms with Crippen molar-refractivity contribution in [3.8, 4) is 0 Å². The maximum atomic E-state index is 13.5. The molecule has 0 bridgehead atoms. The molecule has 1 aromatic heterocycles. The summed E-state index contributed by atoms with van der Waals surface area (Å²) >= 11 is 12.0. The lowest BCUT2D eigenvalue weighted by molar-refractivity contribution is -0.136. The highest BCUT2D eigenvalue weighted by Gasteiger charge is 2.34. The molecule has 2 aromatic carbocycles. The molecule has 0 saturated carbocycles. The molecule has 0 aliphatic carbocycles. The minimum atomic E-state index is -4.76. The first-order chi connectivity index (χ1) is 14.6. The van der Waals surface area contributed by atoms with Crippen molar-refractivity contribution in [2.75, 3.05) is 10.6 Å². The number of alkyl halides is 3. The minimum Gasteiger partial charge on any atom is -0.459 e. The lowest BCUT2D eigenvalue weighted by Crippen LogP contribution is -2.18. The number of carbonyl (C=O) groups excluding carboxylic acids is 2. The summed E-state index contributed by atoms with van der Waals surface area (Å²) in [6.45, 7) is 0. The van der Waals surface area contributed by atoms with Crippen LogP contribution in [0.5, 0.6) is 0 Å². The van der Waals surface area contributed by atoms with Crippen molar-refractivity contribution >= 4 is 46.4 Å². The summed E-state index contributed by atoms with van der Waals surface area (Å²) in [4.78, 5) is 24.2. The lowest BCUT2D eigenvalue weighted by Gasteiger charge is -2.16. The molecule has 0 spiro atoms. The van der Waals surface area contributed by atoms with E-state index in [0.29, 0.717) is 15.6 Å². The summed E-state index contributed by atoms with van der Waals surface area (Å²) in [5.74, 6) is -1.38. The van der Waals surface area contributed by atoms with E-state index in [1.807, 2.05) is 0 Å². The van der Waals surface area contributed by atoms with Gasteiger partial charge in [-0.2, -0.15) is 13.2 Å². The van der Waals surface area contributed by atoms with E-state index >= 15 is 0 Å². The zero-order valence-corrected chi connectivity index (χ0v) is 17.2. The lowest BCUT2D eigenvalue weighted by atomic mass is 10.1. The van der Waals surface area contributed by atoms with Gasteiger partial charge in [-0.1, -0.05) is 35.3 Å². The largest absolute Gasteiger partial charge is 0.459 e. The fourth-order valence-electron chi connectivity index (χ4n) is 2.77. The second kappa shape index (κ2) is 9.45. The van der Waals surface area contributed by atoms with E-state index in [4.69, 9.17) is 27.6 Å². The number of benzene rings is 2. The van der Waals surface area contributed by atoms with Crippen LogP contribution in [-0.2, 0) is 17.4 Å². The third-order valence-electron chi connectivity index (χ3n) is 4.25. The van der Waals surface area contributed by atoms with Gasteiger partial charge in [0.25, 0.3) is 5.91 Å². The smallest absolute Gasteiger partial charge is 0.418 e. The topological polar surface area (TPSA) is 71.3 Å². The Labute approximate surface area is 185 Å². The van der Waals surface area contributed by atoms with E-state index < -0.39 is 29.2 Å². The van der Waals surface area contributed by atoms with Crippen molar-refractivity contribution in [1.29, 1.82) is 0 Å². The standard InChI is InChI=1S/C21H15Cl2F3N2O3/c22-15-4-1-3-12(19(15)23)6-9-18(29)28-16-8-7-13(11-14(16)21(24,25)26)27-20(30)17-5-2-10-31-17/h1-5,7-8,10-11H,6,9H2,(H,27,30)(H,28,29). The third-order valence-corrected chi connectivity index (χ3v) is 5.11. The molecule has 0 radical (unpaired) electrons. The first-order valence-corrected chi connectivity index (χ1v) is 9.69. The summed E-state index contributed by atoms with van der Waals surface area (Å²) in [5, 5.41) is 5.21. The van der Waals surface area contributed by atoms with Crippen LogP contribution >= 0.6 is 23.2 Å². The molecule has 0 saturated heterocycles. The van der Waals surface area contributed by atoms with Crippen molar-refractivity contribution in [3.63, 3.8) is 0 Å². The fraction of sp³-hybridized carbons (Fsp3) is 0.143. The van der Waals surface area contributed by atoms with Gasteiger partial charge in [-0.25, -0.2) is 0 Å². The number of furan rings is 1. The molecule has 3 rings (SSSR count). The summed E-state index contributed by atoms with van der Waals surface area (Å²) in [6, 6.07) is 10.9. The Morgan fingerprint density at radius 2 is 1.77 bits per heavy atom. The summed E-state index contributed by atoms with van der Waals surface area (Å²) in [6.07, 6.45) is -3.40. The number of carbonyl (C=O) groups is 2. The molecule has 2 amide bonds. The van der Waals surface area contributed by atoms with E-state index in [1.54, 1.807) is 18.2 Å². The Balaban J connectivity index is 1.73. The Morgan fingerprint density at radius 3 is 2.45 bits per heavy atom. The second-order valence-corrected chi connectivity index (χ2v) is 7.24. The highest BCUT2D eigenvalue weighted by atomic mass is 35.5. The summed E-state index contributed by atoms with van der Waals surface area (Å²) in [5.41, 5.74) is -1.02. The SMILES string of the molecule is O=C(CCc1cccc(Cl)c1Cl)Nc1ccc(NC(=O)c2ccco2)cc1C(F)(F)F. The number of halogens is 5. The summed E-state index contributed by atoms with van der Waals surface area (Å²) in [7, 11) is 0. The van der Waals surface area contributed by atoms with Gasteiger partial charge in [-0.05, 0) is 48.4 Å². The molecule has 5 nitrogen and oxygen atoms in total. The molecule has 0 aliphatic heterocycles. The molecule has 3 aromatic rings. The first-order valence-electron chi connectivity index (χ1n) is 8.94. The predicted octanol–water partition coefficient (Wildman–Crippen LogP) is 6.43. The Morgan fingerprint density at radius 1 is 1.00 bits per heavy atom. The molecule has 0 fully saturated rings. The zero-order valence-electron chi connectivity index (χ0n) is 15.7. The number of hydrogen-bond donors (Lipinski definition) is 2. The van der Waals surface area contributed by atoms with Gasteiger partial charge in [0, 0.05) is 12.1 Å². The Bertz CT molecular complexity index is 1100. The molecule has 0 unspecified atom stereocenters. The predicted molar refractivity (Wildman–Crippen MR) is 112 cm³/mol. The molecular formula is C21H15Cl2F3N2O3. The molecule has 162 valence electrons. The Hall–Kier alpha value is -2.97. The second-order valence-electron chi connectivity index (χ2n) is 6.45. The van der Waals surface area contributed by atoms with Crippen molar-refractivity contribution < 1.29 is 27.2 Å². The summed E-state index contributed by atoms with van der Waals surface area (Å²) < 4.78 is 45.5. The highest BCUT2D eigenvalue weighted by molar-refractivity contribution is 6.42. The van der Waals surface area contributed by atoms with E-state index in [-0.39, 0.29) is 24.3 Å². The van der Waals surface area contributed by atoms with Crippen LogP contribution in [0.15, 0.2) is 59.2 Å². The van der Waals surface area contributed by atoms with Crippen LogP contribution in [0.1, 0.15) is 28.1 Å². The average molecular weight is 471 g/mol. The van der Waals surface area contributed by atoms with E-state index in [0.717, 1.165) is 12.1 Å². The van der Waals surface area contributed by atoms with Crippen LogP contribution in [0.3, 0.4) is 0 Å². The van der Waals surface area contributed by atoms with Crippen LogP contribution in [-0.4, -0.2) is 11.8 Å². The van der Waals surface area contributed by atoms with Crippen LogP contribution in [0, 0.1) is 0 Å². The van der Waals surface area contributed by atoms with Crippen LogP contribution < -0.4 is 10.6 Å². The maximum absolute atomic E-state index is 13.5. The Kier molecular flexibility index (Phi) is 6.92. The van der Waals surface area contributed by atoms with E-state index in [9.17, 15) is 22.8 Å². The highest BCUT2D eigenvalue weighted by Crippen LogP contribution is 2.37. The maximum Gasteiger partial charge on any atom is 0.418 e. The van der Waals surface area contributed by atoms with Gasteiger partial charge in [0.1, 0.15) is 0 Å². The normalized spacial score (nSPS) is 11.3. The number of rotatable bonds is 6. The molecule has 10 heteroatoms. The van der Waals surface area contributed by atoms with Crippen molar-refractivity contribution in [2.24, 2.45) is 0 Å². The van der Waals surface area contributed by atoms with E-state index in [2.05, 4.69) is 10.6 Å². The van der Waals surface area contributed by atoms with Gasteiger partial charge in [0.2, 0.25) is 5.91 Å². The van der Waals surface area contributed by atoms with Crippen molar-refractivity contribution in [2.45, 2.75) is 19.0 Å². The zero-order chi connectivity index (χ0) is 22.6. The number of nitrogens with one attached hydrogen (secondary N) is 2. The van der Waals surface area contributed by atoms with Gasteiger partial charge >= 0.3 is 6.18 Å². The number of anilines is 2. The van der Waals surface area contributed by atoms with Gasteiger partial charge in [-0.15, -0.1) is 0 Å². The average Bonchev–Trinajstić information content (AvgIpc) is 3.24. The quantitative estimate of drug-likeness (QED) is 0.436. The monoisotopic (exact) mass is 470 g/mol. The molecular weight excluding hydrogens is 456 g/mol. The van der Waals surface area contributed by atoms with Gasteiger partial charge < -0.3 is 15.1 Å². The van der Waals surface area contributed by atoms with Gasteiger partial charge in [0.15, 0.2) is 5.76 Å². The van der Waals surface area contributed by atoms with Gasteiger partial charge in [0.05, 0.1) is 27.6 Å². The number of aryl methyl sites for hydroxylation is 1. The number of amides is 2. The van der Waals surface area contributed by atoms with E-state index in [1.165, 1.54) is 24.5 Å². The molecule has 0 aliphatic rings. The third kappa shape index (κ3) is 5.80. The molecule has 2 N–H and O–H groups in total. The minimum absolute atomic E-state index is 0.0504. The van der Waals surface area contributed by atoms with Crippen LogP contribution in [0.25, 0.3) is 0 Å².